The van der Waals surface area contributed by atoms with E-state index in [0.29, 0.717) is 6.42 Å². The van der Waals surface area contributed by atoms with Crippen LogP contribution >= 0.6 is 0 Å². The lowest BCUT2D eigenvalue weighted by Gasteiger charge is -2.33. The zero-order valence-electron chi connectivity index (χ0n) is 12.4. The number of esters is 2. The Balaban J connectivity index is 2.64. The highest BCUT2D eigenvalue weighted by atomic mass is 16.7. The predicted octanol–water partition coefficient (Wildman–Crippen LogP) is 3.58. The van der Waals surface area contributed by atoms with Crippen LogP contribution in [0, 0.1) is 5.92 Å². The zero-order chi connectivity index (χ0) is 14.3. The van der Waals surface area contributed by atoms with Crippen molar-refractivity contribution in [2.75, 3.05) is 0 Å². The van der Waals surface area contributed by atoms with Gasteiger partial charge in [-0.3, -0.25) is 9.59 Å². The van der Waals surface area contributed by atoms with Crippen molar-refractivity contribution in [1.29, 1.82) is 0 Å². The molecule has 0 aliphatic heterocycles. The van der Waals surface area contributed by atoms with E-state index in [1.807, 2.05) is 0 Å². The Morgan fingerprint density at radius 1 is 1.11 bits per heavy atom. The van der Waals surface area contributed by atoms with Gasteiger partial charge in [0, 0.05) is 26.2 Å². The van der Waals surface area contributed by atoms with Gasteiger partial charge < -0.3 is 9.47 Å². The van der Waals surface area contributed by atoms with E-state index < -0.39 is 5.79 Å². The number of carbonyl (C=O) groups is 2. The third-order valence-corrected chi connectivity index (χ3v) is 3.74. The van der Waals surface area contributed by atoms with Gasteiger partial charge in [0.2, 0.25) is 0 Å². The maximum atomic E-state index is 11.3. The third kappa shape index (κ3) is 4.84. The molecule has 0 bridgehead atoms. The Morgan fingerprint density at radius 3 is 2.26 bits per heavy atom. The first-order chi connectivity index (χ1) is 9.00. The molecule has 0 aromatic heterocycles. The molecule has 4 nitrogen and oxygen atoms in total. The van der Waals surface area contributed by atoms with Crippen LogP contribution in [-0.4, -0.2) is 17.7 Å². The van der Waals surface area contributed by atoms with Gasteiger partial charge >= 0.3 is 11.9 Å². The molecule has 0 amide bonds. The largest absolute Gasteiger partial charge is 0.422 e. The fourth-order valence-electron chi connectivity index (χ4n) is 2.98. The summed E-state index contributed by atoms with van der Waals surface area (Å²) >= 11 is 0. The monoisotopic (exact) mass is 270 g/mol. The molecule has 110 valence electrons. The van der Waals surface area contributed by atoms with E-state index in [1.165, 1.54) is 33.1 Å². The summed E-state index contributed by atoms with van der Waals surface area (Å²) in [7, 11) is 0. The minimum absolute atomic E-state index is 0.150. The first-order valence-electron chi connectivity index (χ1n) is 7.39. The van der Waals surface area contributed by atoms with Crippen LogP contribution in [0.2, 0.25) is 0 Å². The second kappa shape index (κ2) is 7.51. The van der Waals surface area contributed by atoms with Crippen LogP contribution in [0.3, 0.4) is 0 Å². The van der Waals surface area contributed by atoms with Crippen molar-refractivity contribution < 1.29 is 19.1 Å². The standard InChI is InChI=1S/C15H26O4/c1-4-5-6-7-9-14-10-8-11-15(14,18-12(2)16)19-13(3)17/h14H,4-11H2,1-3H3. The number of carbonyl (C=O) groups excluding carboxylic acids is 2. The summed E-state index contributed by atoms with van der Waals surface area (Å²) in [6.45, 7) is 4.92. The van der Waals surface area contributed by atoms with E-state index in [-0.39, 0.29) is 17.9 Å². The van der Waals surface area contributed by atoms with E-state index >= 15 is 0 Å². The molecular weight excluding hydrogens is 244 g/mol. The van der Waals surface area contributed by atoms with Crippen LogP contribution in [0.1, 0.15) is 72.1 Å². The molecule has 1 fully saturated rings. The normalized spacial score (nSPS) is 21.1. The third-order valence-electron chi connectivity index (χ3n) is 3.74. The Labute approximate surface area is 115 Å². The van der Waals surface area contributed by atoms with Gasteiger partial charge in [-0.15, -0.1) is 0 Å². The summed E-state index contributed by atoms with van der Waals surface area (Å²) in [5.74, 6) is -1.59. The summed E-state index contributed by atoms with van der Waals surface area (Å²) in [5, 5.41) is 0. The van der Waals surface area contributed by atoms with E-state index in [1.54, 1.807) is 0 Å². The predicted molar refractivity (Wildman–Crippen MR) is 72.4 cm³/mol. The summed E-state index contributed by atoms with van der Waals surface area (Å²) in [6.07, 6.45) is 8.20. The molecule has 1 atom stereocenters. The highest BCUT2D eigenvalue weighted by molar-refractivity contribution is 5.69. The van der Waals surface area contributed by atoms with Gasteiger partial charge in [0.15, 0.2) is 0 Å². The van der Waals surface area contributed by atoms with Crippen LogP contribution < -0.4 is 0 Å². The molecule has 0 radical (unpaired) electrons. The van der Waals surface area contributed by atoms with Crippen molar-refractivity contribution >= 4 is 11.9 Å². The summed E-state index contributed by atoms with van der Waals surface area (Å²) in [4.78, 5) is 22.6. The second-order valence-corrected chi connectivity index (χ2v) is 5.44. The fraction of sp³-hybridized carbons (Fsp3) is 0.867. The van der Waals surface area contributed by atoms with Crippen LogP contribution in [0.5, 0.6) is 0 Å². The Bertz CT molecular complexity index is 295. The van der Waals surface area contributed by atoms with Crippen LogP contribution in [0.15, 0.2) is 0 Å². The Kier molecular flexibility index (Phi) is 6.32. The average molecular weight is 270 g/mol. The van der Waals surface area contributed by atoms with Gasteiger partial charge in [0.1, 0.15) is 0 Å². The van der Waals surface area contributed by atoms with Crippen molar-refractivity contribution in [1.82, 2.24) is 0 Å². The van der Waals surface area contributed by atoms with Crippen LogP contribution in [0.4, 0.5) is 0 Å². The maximum absolute atomic E-state index is 11.3. The highest BCUT2D eigenvalue weighted by Gasteiger charge is 2.48. The van der Waals surface area contributed by atoms with E-state index in [0.717, 1.165) is 25.7 Å². The first kappa shape index (κ1) is 16.0. The maximum Gasteiger partial charge on any atom is 0.305 e. The second-order valence-electron chi connectivity index (χ2n) is 5.44. The molecule has 0 aromatic carbocycles. The lowest BCUT2D eigenvalue weighted by molar-refractivity contribution is -0.239. The smallest absolute Gasteiger partial charge is 0.305 e. The highest BCUT2D eigenvalue weighted by Crippen LogP contribution is 2.43. The van der Waals surface area contributed by atoms with Gasteiger partial charge in [-0.1, -0.05) is 32.6 Å². The van der Waals surface area contributed by atoms with E-state index in [4.69, 9.17) is 9.47 Å². The summed E-state index contributed by atoms with van der Waals surface area (Å²) < 4.78 is 10.8. The molecule has 1 saturated carbocycles. The molecule has 19 heavy (non-hydrogen) atoms. The molecule has 1 rings (SSSR count). The van der Waals surface area contributed by atoms with Crippen LogP contribution in [0.25, 0.3) is 0 Å². The van der Waals surface area contributed by atoms with Gasteiger partial charge in [-0.25, -0.2) is 0 Å². The van der Waals surface area contributed by atoms with Crippen molar-refractivity contribution in [2.24, 2.45) is 5.92 Å². The summed E-state index contributed by atoms with van der Waals surface area (Å²) in [5.41, 5.74) is 0. The fourth-order valence-corrected chi connectivity index (χ4v) is 2.98. The van der Waals surface area contributed by atoms with Crippen molar-refractivity contribution in [3.63, 3.8) is 0 Å². The molecule has 0 heterocycles. The molecule has 1 aliphatic rings. The first-order valence-corrected chi connectivity index (χ1v) is 7.39. The molecule has 0 saturated heterocycles. The minimum atomic E-state index is -0.996. The van der Waals surface area contributed by atoms with Crippen LogP contribution in [-0.2, 0) is 19.1 Å². The number of ether oxygens (including phenoxy) is 2. The van der Waals surface area contributed by atoms with Crippen molar-refractivity contribution in [3.05, 3.63) is 0 Å². The van der Waals surface area contributed by atoms with Gasteiger partial charge in [0.25, 0.3) is 5.79 Å². The quantitative estimate of drug-likeness (QED) is 0.403. The van der Waals surface area contributed by atoms with Crippen molar-refractivity contribution in [2.45, 2.75) is 77.9 Å². The summed E-state index contributed by atoms with van der Waals surface area (Å²) in [6, 6.07) is 0. The molecule has 0 N–H and O–H groups in total. The lowest BCUT2D eigenvalue weighted by Crippen LogP contribution is -2.42. The van der Waals surface area contributed by atoms with Gasteiger partial charge in [-0.2, -0.15) is 0 Å². The van der Waals surface area contributed by atoms with E-state index in [2.05, 4.69) is 6.92 Å². The number of rotatable bonds is 7. The SMILES string of the molecule is CCCCCCC1CCCC1(OC(C)=O)OC(C)=O. The molecule has 0 spiro atoms. The number of hydrogen-bond acceptors (Lipinski definition) is 4. The minimum Gasteiger partial charge on any atom is -0.422 e. The molecule has 1 aliphatic carbocycles. The topological polar surface area (TPSA) is 52.6 Å². The van der Waals surface area contributed by atoms with E-state index in [9.17, 15) is 9.59 Å². The lowest BCUT2D eigenvalue weighted by atomic mass is 9.94. The van der Waals surface area contributed by atoms with Gasteiger partial charge in [-0.05, 0) is 19.3 Å². The van der Waals surface area contributed by atoms with Gasteiger partial charge in [0.05, 0.1) is 0 Å². The molecule has 0 aromatic rings. The molecule has 1 unspecified atom stereocenters. The Hall–Kier alpha value is -1.06. The zero-order valence-corrected chi connectivity index (χ0v) is 12.4. The Morgan fingerprint density at radius 2 is 1.74 bits per heavy atom. The molecular formula is C15H26O4. The number of unbranched alkanes of at least 4 members (excludes halogenated alkanes) is 3. The molecule has 4 heteroatoms. The average Bonchev–Trinajstić information content (AvgIpc) is 2.65. The number of hydrogen-bond donors (Lipinski definition) is 0. The van der Waals surface area contributed by atoms with Crippen molar-refractivity contribution in [3.8, 4) is 0 Å².